The number of hydrogen-bond donors (Lipinski definition) is 0. The first-order valence-electron chi connectivity index (χ1n) is 7.99. The van der Waals surface area contributed by atoms with E-state index in [4.69, 9.17) is 0 Å². The minimum absolute atomic E-state index is 1.13. The Morgan fingerprint density at radius 2 is 1.18 bits per heavy atom. The Balaban J connectivity index is 3.57. The second kappa shape index (κ2) is 6.62. The maximum absolute atomic E-state index is 3.54. The first-order chi connectivity index (χ1) is 9.80. The van der Waals surface area contributed by atoms with E-state index >= 15 is 0 Å². The van der Waals surface area contributed by atoms with Gasteiger partial charge in [-0.05, 0) is 11.3 Å². The van der Waals surface area contributed by atoms with Crippen molar-refractivity contribution in [3.63, 3.8) is 0 Å². The van der Waals surface area contributed by atoms with Crippen LogP contribution in [0.4, 0.5) is 0 Å². The van der Waals surface area contributed by atoms with Gasteiger partial charge in [0.1, 0.15) is 16.1 Å². The SMILES string of the molecule is C[Si](C)(C)C#Cc1cccc([Si](C)(C)C)c1C#C[Si](C)(C)C. The summed E-state index contributed by atoms with van der Waals surface area (Å²) < 4.78 is 0. The molecule has 0 aliphatic rings. The predicted octanol–water partition coefficient (Wildman–Crippen LogP) is 4.69. The summed E-state index contributed by atoms with van der Waals surface area (Å²) in [7, 11) is -4.19. The van der Waals surface area contributed by atoms with Gasteiger partial charge in [-0.15, -0.1) is 11.1 Å². The van der Waals surface area contributed by atoms with E-state index in [1.54, 1.807) is 0 Å². The summed E-state index contributed by atoms with van der Waals surface area (Å²) in [5, 5.41) is 1.45. The Bertz CT molecular complexity index is 658. The van der Waals surface area contributed by atoms with Gasteiger partial charge in [-0.1, -0.05) is 82.9 Å². The molecule has 0 saturated carbocycles. The fourth-order valence-corrected chi connectivity index (χ4v) is 4.47. The fraction of sp³-hybridized carbons (Fsp3) is 0.474. The standard InChI is InChI=1S/C19H30Si3/c1-20(2,3)15-13-17-11-10-12-19(22(7,8)9)18(17)14-16-21(4,5)6/h10-12H,1-9H3. The molecule has 118 valence electrons. The monoisotopic (exact) mass is 342 g/mol. The average molecular weight is 343 g/mol. The molecule has 0 heterocycles. The molecule has 0 N–H and O–H groups in total. The van der Waals surface area contributed by atoms with Crippen molar-refractivity contribution in [3.8, 4) is 22.9 Å². The van der Waals surface area contributed by atoms with Gasteiger partial charge in [0.15, 0.2) is 0 Å². The Hall–Kier alpha value is -1.01. The summed E-state index contributed by atoms with van der Waals surface area (Å²) in [4.78, 5) is 0. The zero-order valence-corrected chi connectivity index (χ0v) is 18.7. The van der Waals surface area contributed by atoms with Crippen molar-refractivity contribution in [1.82, 2.24) is 0 Å². The van der Waals surface area contributed by atoms with Crippen LogP contribution >= 0.6 is 0 Å². The van der Waals surface area contributed by atoms with E-state index in [1.165, 1.54) is 10.8 Å². The van der Waals surface area contributed by atoms with Crippen LogP contribution in [0, 0.1) is 22.9 Å². The lowest BCUT2D eigenvalue weighted by atomic mass is 10.1. The molecule has 0 saturated heterocycles. The van der Waals surface area contributed by atoms with Crippen molar-refractivity contribution in [3.05, 3.63) is 29.3 Å². The number of benzene rings is 1. The normalized spacial score (nSPS) is 12.0. The van der Waals surface area contributed by atoms with E-state index in [0.717, 1.165) is 5.56 Å². The molecule has 0 spiro atoms. The summed E-state index contributed by atoms with van der Waals surface area (Å²) in [6.07, 6.45) is 0. The fourth-order valence-electron chi connectivity index (χ4n) is 1.92. The van der Waals surface area contributed by atoms with Gasteiger partial charge < -0.3 is 0 Å². The van der Waals surface area contributed by atoms with E-state index in [-0.39, 0.29) is 0 Å². The highest BCUT2D eigenvalue weighted by molar-refractivity contribution is 6.89. The molecule has 0 radical (unpaired) electrons. The molecule has 0 fully saturated rings. The maximum Gasteiger partial charge on any atom is 0.129 e. The molecule has 0 aliphatic carbocycles. The first-order valence-corrected chi connectivity index (χ1v) is 18.5. The second-order valence-electron chi connectivity index (χ2n) is 8.98. The number of hydrogen-bond acceptors (Lipinski definition) is 0. The highest BCUT2D eigenvalue weighted by atomic mass is 28.3. The van der Waals surface area contributed by atoms with E-state index in [2.05, 4.69) is 100 Å². The summed E-state index contributed by atoms with van der Waals surface area (Å²) in [5.74, 6) is 6.97. The molecule has 0 unspecified atom stereocenters. The minimum Gasteiger partial charge on any atom is -0.127 e. The lowest BCUT2D eigenvalue weighted by Crippen LogP contribution is -2.40. The van der Waals surface area contributed by atoms with E-state index in [0.29, 0.717) is 0 Å². The van der Waals surface area contributed by atoms with Crippen LogP contribution in [0.25, 0.3) is 0 Å². The number of rotatable bonds is 1. The highest BCUT2D eigenvalue weighted by Gasteiger charge is 2.21. The van der Waals surface area contributed by atoms with Crippen molar-refractivity contribution in [2.75, 3.05) is 0 Å². The van der Waals surface area contributed by atoms with Crippen molar-refractivity contribution in [1.29, 1.82) is 0 Å². The summed E-state index contributed by atoms with van der Waals surface area (Å²) in [5.41, 5.74) is 9.38. The Morgan fingerprint density at radius 3 is 1.64 bits per heavy atom. The smallest absolute Gasteiger partial charge is 0.127 e. The van der Waals surface area contributed by atoms with Crippen molar-refractivity contribution in [2.24, 2.45) is 0 Å². The molecule has 1 aromatic rings. The van der Waals surface area contributed by atoms with Gasteiger partial charge in [0.2, 0.25) is 0 Å². The van der Waals surface area contributed by atoms with Crippen LogP contribution in [-0.4, -0.2) is 24.2 Å². The quantitative estimate of drug-likeness (QED) is 0.513. The summed E-state index contributed by atoms with van der Waals surface area (Å²) in [6.45, 7) is 20.9. The third-order valence-corrected chi connectivity index (χ3v) is 6.79. The van der Waals surface area contributed by atoms with Crippen LogP contribution in [0.5, 0.6) is 0 Å². The van der Waals surface area contributed by atoms with Gasteiger partial charge in [-0.25, -0.2) is 0 Å². The van der Waals surface area contributed by atoms with Crippen LogP contribution in [0.1, 0.15) is 11.1 Å². The molecule has 0 aliphatic heterocycles. The Kier molecular flexibility index (Phi) is 5.73. The van der Waals surface area contributed by atoms with Gasteiger partial charge in [0.05, 0.1) is 8.07 Å². The van der Waals surface area contributed by atoms with Crippen molar-refractivity contribution >= 4 is 29.4 Å². The van der Waals surface area contributed by atoms with Crippen LogP contribution < -0.4 is 5.19 Å². The molecule has 1 rings (SSSR count). The molecular formula is C19H30Si3. The van der Waals surface area contributed by atoms with Gasteiger partial charge in [0.25, 0.3) is 0 Å². The molecule has 3 heteroatoms. The third-order valence-electron chi connectivity index (χ3n) is 3.01. The van der Waals surface area contributed by atoms with E-state index < -0.39 is 24.2 Å². The average Bonchev–Trinajstić information content (AvgIpc) is 2.30. The van der Waals surface area contributed by atoms with Crippen molar-refractivity contribution < 1.29 is 0 Å². The van der Waals surface area contributed by atoms with Crippen LogP contribution in [-0.2, 0) is 0 Å². The van der Waals surface area contributed by atoms with Crippen LogP contribution in [0.15, 0.2) is 18.2 Å². The van der Waals surface area contributed by atoms with Gasteiger partial charge in [-0.3, -0.25) is 0 Å². The Morgan fingerprint density at radius 1 is 0.682 bits per heavy atom. The lowest BCUT2D eigenvalue weighted by molar-refractivity contribution is 1.59. The highest BCUT2D eigenvalue weighted by Crippen LogP contribution is 2.12. The molecule has 0 amide bonds. The van der Waals surface area contributed by atoms with E-state index in [9.17, 15) is 0 Å². The third kappa shape index (κ3) is 6.40. The van der Waals surface area contributed by atoms with Gasteiger partial charge >= 0.3 is 0 Å². The zero-order valence-electron chi connectivity index (χ0n) is 15.7. The molecule has 0 nitrogen and oxygen atoms in total. The molecule has 0 aromatic heterocycles. The van der Waals surface area contributed by atoms with Gasteiger partial charge in [0, 0.05) is 11.1 Å². The molecule has 22 heavy (non-hydrogen) atoms. The van der Waals surface area contributed by atoms with Gasteiger partial charge in [-0.2, -0.15) is 0 Å². The summed E-state index contributed by atoms with van der Waals surface area (Å²) in [6, 6.07) is 6.56. The summed E-state index contributed by atoms with van der Waals surface area (Å²) >= 11 is 0. The second-order valence-corrected chi connectivity index (χ2v) is 23.5. The predicted molar refractivity (Wildman–Crippen MR) is 110 cm³/mol. The lowest BCUT2D eigenvalue weighted by Gasteiger charge is -2.20. The van der Waals surface area contributed by atoms with Crippen LogP contribution in [0.3, 0.4) is 0 Å². The molecule has 1 aromatic carbocycles. The first kappa shape index (κ1) is 19.0. The largest absolute Gasteiger partial charge is 0.129 e. The topological polar surface area (TPSA) is 0 Å². The molecular weight excluding hydrogens is 312 g/mol. The van der Waals surface area contributed by atoms with Crippen LogP contribution in [0.2, 0.25) is 58.9 Å². The zero-order chi connectivity index (χ0) is 17.2. The van der Waals surface area contributed by atoms with Crippen molar-refractivity contribution in [2.45, 2.75) is 58.9 Å². The Labute approximate surface area is 140 Å². The minimum atomic E-state index is -1.42. The molecule has 0 atom stereocenters. The molecule has 0 bridgehead atoms. The van der Waals surface area contributed by atoms with E-state index in [1.807, 2.05) is 0 Å². The maximum atomic E-state index is 3.54.